The molecule has 0 unspecified atom stereocenters. The maximum Gasteiger partial charge on any atom is 0.419 e. The van der Waals surface area contributed by atoms with Crippen LogP contribution < -0.4 is 5.32 Å². The second-order valence-corrected chi connectivity index (χ2v) is 5.23. The number of carbonyl (C=O) groups excluding carboxylic acids is 1. The van der Waals surface area contributed by atoms with Crippen LogP contribution in [0.3, 0.4) is 0 Å². The molecule has 1 N–H and O–H groups in total. The number of aromatic nitrogens is 3. The van der Waals surface area contributed by atoms with Gasteiger partial charge in [-0.3, -0.25) is 9.78 Å². The highest BCUT2D eigenvalue weighted by Gasteiger charge is 2.34. The summed E-state index contributed by atoms with van der Waals surface area (Å²) >= 11 is 0. The van der Waals surface area contributed by atoms with Gasteiger partial charge in [-0.05, 0) is 31.4 Å². The molecule has 0 saturated carbocycles. The lowest BCUT2D eigenvalue weighted by Gasteiger charge is -2.13. The summed E-state index contributed by atoms with van der Waals surface area (Å²) in [5.74, 6) is 0.0997. The third-order valence-corrected chi connectivity index (χ3v) is 3.51. The number of pyridine rings is 1. The average Bonchev–Trinajstić information content (AvgIpc) is 2.52. The van der Waals surface area contributed by atoms with E-state index in [1.807, 2.05) is 0 Å². The quantitative estimate of drug-likeness (QED) is 0.908. The Morgan fingerprint density at radius 2 is 1.92 bits per heavy atom. The van der Waals surface area contributed by atoms with Crippen LogP contribution in [0.15, 0.2) is 24.5 Å². The fraction of sp³-hybridized carbons (Fsp3) is 0.375. The molecule has 1 amide bonds. The van der Waals surface area contributed by atoms with E-state index in [1.165, 1.54) is 7.05 Å². The zero-order chi connectivity index (χ0) is 17.7. The second-order valence-electron chi connectivity index (χ2n) is 5.23. The average molecular weight is 338 g/mol. The topological polar surface area (TPSA) is 67.8 Å². The van der Waals surface area contributed by atoms with E-state index in [2.05, 4.69) is 20.3 Å². The van der Waals surface area contributed by atoms with Gasteiger partial charge in [-0.15, -0.1) is 0 Å². The fourth-order valence-electron chi connectivity index (χ4n) is 2.30. The molecule has 5 nitrogen and oxygen atoms in total. The van der Waals surface area contributed by atoms with Crippen LogP contribution in [0.1, 0.15) is 28.3 Å². The van der Waals surface area contributed by atoms with Crippen molar-refractivity contribution in [2.45, 2.75) is 32.4 Å². The lowest BCUT2D eigenvalue weighted by molar-refractivity contribution is -0.138. The Labute approximate surface area is 137 Å². The number of nitrogens with zero attached hydrogens (tertiary/aromatic N) is 3. The zero-order valence-electron chi connectivity index (χ0n) is 13.3. The maximum atomic E-state index is 13.1. The Kier molecular flexibility index (Phi) is 5.48. The number of halogens is 3. The fourth-order valence-corrected chi connectivity index (χ4v) is 2.30. The summed E-state index contributed by atoms with van der Waals surface area (Å²) in [6, 6.07) is 3.44. The minimum atomic E-state index is -4.50. The van der Waals surface area contributed by atoms with Gasteiger partial charge in [-0.2, -0.15) is 13.2 Å². The molecule has 0 fully saturated rings. The van der Waals surface area contributed by atoms with E-state index in [0.29, 0.717) is 11.3 Å². The molecule has 0 aromatic carbocycles. The van der Waals surface area contributed by atoms with Crippen molar-refractivity contribution in [3.05, 3.63) is 52.9 Å². The maximum absolute atomic E-state index is 13.1. The summed E-state index contributed by atoms with van der Waals surface area (Å²) in [4.78, 5) is 23.3. The first-order valence-corrected chi connectivity index (χ1v) is 7.34. The molecule has 24 heavy (non-hydrogen) atoms. The van der Waals surface area contributed by atoms with Gasteiger partial charge in [-0.1, -0.05) is 6.07 Å². The van der Waals surface area contributed by atoms with E-state index in [9.17, 15) is 18.0 Å². The van der Waals surface area contributed by atoms with Gasteiger partial charge in [0.05, 0.1) is 17.7 Å². The SMILES string of the molecule is CNC(=O)Cc1cccnc1CCc1nc(C)ncc1C(F)(F)F. The molecule has 0 aliphatic carbocycles. The molecule has 8 heteroatoms. The van der Waals surface area contributed by atoms with Gasteiger partial charge in [0, 0.05) is 25.1 Å². The molecule has 2 heterocycles. The molecule has 0 bridgehead atoms. The van der Waals surface area contributed by atoms with Crippen molar-refractivity contribution in [3.63, 3.8) is 0 Å². The van der Waals surface area contributed by atoms with Gasteiger partial charge < -0.3 is 5.32 Å². The highest BCUT2D eigenvalue weighted by atomic mass is 19.4. The van der Waals surface area contributed by atoms with Crippen LogP contribution in [-0.2, 0) is 30.2 Å². The smallest absolute Gasteiger partial charge is 0.359 e. The molecule has 2 aromatic rings. The summed E-state index contributed by atoms with van der Waals surface area (Å²) in [5, 5.41) is 2.51. The first-order chi connectivity index (χ1) is 11.3. The summed E-state index contributed by atoms with van der Waals surface area (Å²) in [6.07, 6.45) is -1.69. The van der Waals surface area contributed by atoms with E-state index in [-0.39, 0.29) is 36.7 Å². The van der Waals surface area contributed by atoms with E-state index >= 15 is 0 Å². The van der Waals surface area contributed by atoms with Crippen molar-refractivity contribution in [2.24, 2.45) is 0 Å². The Bertz CT molecular complexity index is 732. The predicted octanol–water partition coefficient (Wildman–Crippen LogP) is 2.27. The van der Waals surface area contributed by atoms with Gasteiger partial charge in [-0.25, -0.2) is 9.97 Å². The van der Waals surface area contributed by atoms with E-state index in [1.54, 1.807) is 25.3 Å². The molecular weight excluding hydrogens is 321 g/mol. The van der Waals surface area contributed by atoms with Crippen molar-refractivity contribution >= 4 is 5.91 Å². The molecule has 0 spiro atoms. The lowest BCUT2D eigenvalue weighted by Crippen LogP contribution is -2.21. The number of hydrogen-bond donors (Lipinski definition) is 1. The molecule has 0 aliphatic heterocycles. The van der Waals surface area contributed by atoms with E-state index in [4.69, 9.17) is 0 Å². The van der Waals surface area contributed by atoms with Crippen LogP contribution in [0, 0.1) is 6.92 Å². The van der Waals surface area contributed by atoms with Crippen LogP contribution in [0.4, 0.5) is 13.2 Å². The summed E-state index contributed by atoms with van der Waals surface area (Å²) in [7, 11) is 1.53. The number of alkyl halides is 3. The third-order valence-electron chi connectivity index (χ3n) is 3.51. The standard InChI is InChI=1S/C16H17F3N4O/c1-10-22-9-12(16(17,18)19)14(23-10)6-5-13-11(4-3-7-21-13)8-15(24)20-2/h3-4,7,9H,5-6,8H2,1-2H3,(H,20,24). The van der Waals surface area contributed by atoms with Crippen LogP contribution in [0.25, 0.3) is 0 Å². The zero-order valence-corrected chi connectivity index (χ0v) is 13.3. The molecule has 0 radical (unpaired) electrons. The number of hydrogen-bond acceptors (Lipinski definition) is 4. The number of likely N-dealkylation sites (N-methyl/N-ethyl adjacent to an activating group) is 1. The van der Waals surface area contributed by atoms with Gasteiger partial charge in [0.15, 0.2) is 0 Å². The van der Waals surface area contributed by atoms with Gasteiger partial charge >= 0.3 is 6.18 Å². The minimum Gasteiger partial charge on any atom is -0.359 e. The number of aryl methyl sites for hydroxylation is 3. The summed E-state index contributed by atoms with van der Waals surface area (Å²) < 4.78 is 39.2. The number of carbonyl (C=O) groups is 1. The van der Waals surface area contributed by atoms with Crippen molar-refractivity contribution in [1.82, 2.24) is 20.3 Å². The normalized spacial score (nSPS) is 11.4. The number of rotatable bonds is 5. The molecule has 2 aromatic heterocycles. The first-order valence-electron chi connectivity index (χ1n) is 7.34. The highest BCUT2D eigenvalue weighted by Crippen LogP contribution is 2.31. The summed E-state index contributed by atoms with van der Waals surface area (Å²) in [5.41, 5.74) is 0.380. The van der Waals surface area contributed by atoms with E-state index < -0.39 is 11.7 Å². The number of nitrogens with one attached hydrogen (secondary N) is 1. The van der Waals surface area contributed by atoms with Crippen LogP contribution >= 0.6 is 0 Å². The molecule has 128 valence electrons. The molecule has 0 saturated heterocycles. The molecular formula is C16H17F3N4O. The predicted molar refractivity (Wildman–Crippen MR) is 81.2 cm³/mol. The van der Waals surface area contributed by atoms with Crippen molar-refractivity contribution in [3.8, 4) is 0 Å². The van der Waals surface area contributed by atoms with Gasteiger partial charge in [0.25, 0.3) is 0 Å². The Balaban J connectivity index is 2.23. The first kappa shape index (κ1) is 17.8. The molecule has 0 aliphatic rings. The largest absolute Gasteiger partial charge is 0.419 e. The van der Waals surface area contributed by atoms with E-state index in [0.717, 1.165) is 6.20 Å². The lowest BCUT2D eigenvalue weighted by atomic mass is 10.0. The second kappa shape index (κ2) is 7.37. The van der Waals surface area contributed by atoms with Gasteiger partial charge in [0.1, 0.15) is 5.82 Å². The van der Waals surface area contributed by atoms with Crippen molar-refractivity contribution in [2.75, 3.05) is 7.05 Å². The van der Waals surface area contributed by atoms with Crippen LogP contribution in [0.2, 0.25) is 0 Å². The highest BCUT2D eigenvalue weighted by molar-refractivity contribution is 5.78. The Morgan fingerprint density at radius 1 is 1.21 bits per heavy atom. The Hall–Kier alpha value is -2.51. The van der Waals surface area contributed by atoms with Crippen molar-refractivity contribution in [1.29, 1.82) is 0 Å². The van der Waals surface area contributed by atoms with Crippen LogP contribution in [-0.4, -0.2) is 27.9 Å². The molecule has 2 rings (SSSR count). The monoisotopic (exact) mass is 338 g/mol. The third kappa shape index (κ3) is 4.50. The van der Waals surface area contributed by atoms with Crippen molar-refractivity contribution < 1.29 is 18.0 Å². The van der Waals surface area contributed by atoms with Gasteiger partial charge in [0.2, 0.25) is 5.91 Å². The molecule has 0 atom stereocenters. The number of amides is 1. The summed E-state index contributed by atoms with van der Waals surface area (Å²) in [6.45, 7) is 1.54. The minimum absolute atomic E-state index is 0.0634. The van der Waals surface area contributed by atoms with Crippen LogP contribution in [0.5, 0.6) is 0 Å². The Morgan fingerprint density at radius 3 is 2.58 bits per heavy atom.